The van der Waals surface area contributed by atoms with E-state index in [-0.39, 0.29) is 0 Å². The number of nitrogens with zero attached hydrogens (tertiary/aromatic N) is 1. The lowest BCUT2D eigenvalue weighted by molar-refractivity contribution is -0.138. The van der Waals surface area contributed by atoms with Crippen LogP contribution in [0.15, 0.2) is 30.3 Å². The van der Waals surface area contributed by atoms with Crippen LogP contribution in [0.4, 0.5) is 0 Å². The Balaban J connectivity index is 2.58. The molecule has 0 fully saturated rings. The van der Waals surface area contributed by atoms with E-state index in [1.807, 2.05) is 49.1 Å². The largest absolute Gasteiger partial charge is 0.367 e. The summed E-state index contributed by atoms with van der Waals surface area (Å²) < 4.78 is 10.3. The van der Waals surface area contributed by atoms with Gasteiger partial charge in [-0.05, 0) is 19.4 Å². The maximum absolute atomic E-state index is 9.75. The number of aliphatic hydroxyl groups excluding tert-OH is 2. The predicted octanol–water partition coefficient (Wildman–Crippen LogP) is 1.20. The summed E-state index contributed by atoms with van der Waals surface area (Å²) in [7, 11) is 0. The van der Waals surface area contributed by atoms with Crippen LogP contribution in [0.25, 0.3) is 0 Å². The normalized spacial score (nSPS) is 14.4. The summed E-state index contributed by atoms with van der Waals surface area (Å²) in [6.45, 7) is 5.84. The first-order valence-corrected chi connectivity index (χ1v) is 7.01. The van der Waals surface area contributed by atoms with E-state index in [4.69, 9.17) is 9.47 Å². The first-order chi connectivity index (χ1) is 9.65. The molecule has 0 aromatic heterocycles. The van der Waals surface area contributed by atoms with Gasteiger partial charge in [0.25, 0.3) is 0 Å². The third kappa shape index (κ3) is 6.98. The fraction of sp³-hybridized carbons (Fsp3) is 0.600. The van der Waals surface area contributed by atoms with Gasteiger partial charge in [0.2, 0.25) is 0 Å². The lowest BCUT2D eigenvalue weighted by Crippen LogP contribution is -2.39. The molecule has 0 radical (unpaired) electrons. The maximum atomic E-state index is 9.75. The van der Waals surface area contributed by atoms with Gasteiger partial charge < -0.3 is 19.7 Å². The minimum atomic E-state index is -0.863. The number of benzene rings is 1. The highest BCUT2D eigenvalue weighted by molar-refractivity contribution is 5.14. The van der Waals surface area contributed by atoms with Gasteiger partial charge in [0.05, 0.1) is 0 Å². The highest BCUT2D eigenvalue weighted by Gasteiger charge is 2.16. The van der Waals surface area contributed by atoms with Gasteiger partial charge in [-0.2, -0.15) is 0 Å². The molecule has 0 aliphatic carbocycles. The van der Waals surface area contributed by atoms with Gasteiger partial charge in [-0.3, -0.25) is 4.90 Å². The molecule has 0 bridgehead atoms. The van der Waals surface area contributed by atoms with E-state index in [9.17, 15) is 10.2 Å². The van der Waals surface area contributed by atoms with Crippen LogP contribution >= 0.6 is 0 Å². The summed E-state index contributed by atoms with van der Waals surface area (Å²) in [5.74, 6) is 0. The van der Waals surface area contributed by atoms with E-state index in [2.05, 4.69) is 0 Å². The smallest absolute Gasteiger partial charge is 0.167 e. The number of hydrogen-bond donors (Lipinski definition) is 2. The Morgan fingerprint density at radius 3 is 1.90 bits per heavy atom. The van der Waals surface area contributed by atoms with E-state index in [1.54, 1.807) is 0 Å². The molecule has 5 heteroatoms. The number of hydrogen-bond acceptors (Lipinski definition) is 5. The molecule has 0 spiro atoms. The van der Waals surface area contributed by atoms with E-state index >= 15 is 0 Å². The number of rotatable bonds is 10. The van der Waals surface area contributed by atoms with Crippen molar-refractivity contribution in [1.29, 1.82) is 0 Å². The molecule has 0 aliphatic heterocycles. The lowest BCUT2D eigenvalue weighted by Gasteiger charge is -2.27. The molecule has 0 aliphatic rings. The Bertz CT molecular complexity index is 333. The van der Waals surface area contributed by atoms with Gasteiger partial charge in [-0.25, -0.2) is 0 Å². The maximum Gasteiger partial charge on any atom is 0.167 e. The zero-order valence-electron chi connectivity index (χ0n) is 12.2. The van der Waals surface area contributed by atoms with E-state index in [0.29, 0.717) is 32.8 Å². The average Bonchev–Trinajstić information content (AvgIpc) is 2.40. The second-order valence-corrected chi connectivity index (χ2v) is 4.50. The predicted molar refractivity (Wildman–Crippen MR) is 77.0 cm³/mol. The van der Waals surface area contributed by atoms with Crippen molar-refractivity contribution in [2.45, 2.75) is 33.0 Å². The molecule has 20 heavy (non-hydrogen) atoms. The van der Waals surface area contributed by atoms with Crippen molar-refractivity contribution in [2.75, 3.05) is 26.3 Å². The topological polar surface area (TPSA) is 62.2 Å². The average molecular weight is 283 g/mol. The summed E-state index contributed by atoms with van der Waals surface area (Å²) >= 11 is 0. The van der Waals surface area contributed by atoms with Crippen molar-refractivity contribution < 1.29 is 19.7 Å². The van der Waals surface area contributed by atoms with Crippen molar-refractivity contribution in [3.63, 3.8) is 0 Å². The van der Waals surface area contributed by atoms with Crippen LogP contribution in [0.3, 0.4) is 0 Å². The second-order valence-electron chi connectivity index (χ2n) is 4.50. The third-order valence-electron chi connectivity index (χ3n) is 2.80. The van der Waals surface area contributed by atoms with Crippen LogP contribution in [-0.2, 0) is 16.0 Å². The Morgan fingerprint density at radius 1 is 0.950 bits per heavy atom. The van der Waals surface area contributed by atoms with Crippen molar-refractivity contribution in [1.82, 2.24) is 4.90 Å². The van der Waals surface area contributed by atoms with Crippen LogP contribution in [-0.4, -0.2) is 54.0 Å². The molecule has 1 rings (SSSR count). The third-order valence-corrected chi connectivity index (χ3v) is 2.80. The van der Waals surface area contributed by atoms with Crippen LogP contribution < -0.4 is 0 Å². The first-order valence-electron chi connectivity index (χ1n) is 7.01. The van der Waals surface area contributed by atoms with Crippen LogP contribution in [0.5, 0.6) is 0 Å². The van der Waals surface area contributed by atoms with Crippen molar-refractivity contribution in [2.24, 2.45) is 0 Å². The van der Waals surface area contributed by atoms with Gasteiger partial charge in [0.15, 0.2) is 12.6 Å². The van der Waals surface area contributed by atoms with Gasteiger partial charge in [-0.1, -0.05) is 30.3 Å². The lowest BCUT2D eigenvalue weighted by atomic mass is 10.2. The summed E-state index contributed by atoms with van der Waals surface area (Å²) in [6.07, 6.45) is -1.73. The molecular weight excluding hydrogens is 258 g/mol. The summed E-state index contributed by atoms with van der Waals surface area (Å²) in [5, 5.41) is 19.5. The zero-order valence-corrected chi connectivity index (χ0v) is 12.2. The number of ether oxygens (including phenoxy) is 2. The summed E-state index contributed by atoms with van der Waals surface area (Å²) in [6, 6.07) is 9.90. The van der Waals surface area contributed by atoms with Gasteiger partial charge >= 0.3 is 0 Å². The summed E-state index contributed by atoms with van der Waals surface area (Å²) in [4.78, 5) is 1.91. The Kier molecular flexibility index (Phi) is 8.41. The fourth-order valence-electron chi connectivity index (χ4n) is 1.98. The fourth-order valence-corrected chi connectivity index (χ4v) is 1.98. The van der Waals surface area contributed by atoms with Gasteiger partial charge in [0, 0.05) is 32.8 Å². The molecule has 0 heterocycles. The molecule has 2 N–H and O–H groups in total. The molecule has 2 atom stereocenters. The molecule has 5 nitrogen and oxygen atoms in total. The second kappa shape index (κ2) is 9.85. The monoisotopic (exact) mass is 283 g/mol. The zero-order chi connectivity index (χ0) is 14.8. The minimum Gasteiger partial charge on any atom is -0.367 e. The highest BCUT2D eigenvalue weighted by Crippen LogP contribution is 2.07. The standard InChI is InChI=1S/C15H25NO4/c1-3-19-14(17)11-16(12-15(18)20-4-2)10-13-8-6-5-7-9-13/h5-9,14-15,17-18H,3-4,10-12H2,1-2H3. The molecule has 0 amide bonds. The van der Waals surface area contributed by atoms with Crippen molar-refractivity contribution in [3.8, 4) is 0 Å². The Morgan fingerprint density at radius 2 is 1.45 bits per heavy atom. The SMILES string of the molecule is CCOC(O)CN(Cc1ccccc1)CC(O)OCC. The van der Waals surface area contributed by atoms with Crippen LogP contribution in [0.2, 0.25) is 0 Å². The van der Waals surface area contributed by atoms with Gasteiger partial charge in [-0.15, -0.1) is 0 Å². The summed E-state index contributed by atoms with van der Waals surface area (Å²) in [5.41, 5.74) is 1.11. The molecule has 1 aromatic carbocycles. The molecule has 0 saturated carbocycles. The molecule has 2 unspecified atom stereocenters. The Labute approximate surface area is 120 Å². The van der Waals surface area contributed by atoms with Crippen LogP contribution in [0, 0.1) is 0 Å². The van der Waals surface area contributed by atoms with E-state index in [1.165, 1.54) is 0 Å². The first kappa shape index (κ1) is 17.1. The van der Waals surface area contributed by atoms with Crippen molar-refractivity contribution >= 4 is 0 Å². The van der Waals surface area contributed by atoms with Crippen LogP contribution in [0.1, 0.15) is 19.4 Å². The van der Waals surface area contributed by atoms with E-state index < -0.39 is 12.6 Å². The number of aliphatic hydroxyl groups is 2. The van der Waals surface area contributed by atoms with E-state index in [0.717, 1.165) is 5.56 Å². The quantitative estimate of drug-likeness (QED) is 0.632. The molecular formula is C15H25NO4. The molecule has 1 aromatic rings. The van der Waals surface area contributed by atoms with Crippen molar-refractivity contribution in [3.05, 3.63) is 35.9 Å². The molecule has 114 valence electrons. The molecule has 0 saturated heterocycles. The van der Waals surface area contributed by atoms with Gasteiger partial charge in [0.1, 0.15) is 0 Å². The Hall–Kier alpha value is -0.980. The minimum absolute atomic E-state index is 0.326. The highest BCUT2D eigenvalue weighted by atomic mass is 16.6.